The highest BCUT2D eigenvalue weighted by atomic mass is 16.5. The molecule has 5 N–H and O–H groups in total. The molecule has 0 bridgehead atoms. The molecule has 0 saturated carbocycles. The van der Waals surface area contributed by atoms with E-state index >= 15 is 0 Å². The number of anilines is 2. The maximum absolute atomic E-state index is 13.4. The molecule has 2 amide bonds. The number of ether oxygens (including phenoxy) is 1. The number of Topliss-reactive ketones (excluding diaryl/α,β-unsaturated/α-hetero) is 1. The number of para-hydroxylation sites is 2. The molecule has 0 heterocycles. The summed E-state index contributed by atoms with van der Waals surface area (Å²) in [6.07, 6.45) is 1.59. The number of benzene rings is 3. The molecule has 34 heavy (non-hydrogen) atoms. The molecular weight excluding hydrogens is 432 g/mol. The van der Waals surface area contributed by atoms with Gasteiger partial charge in [0.05, 0.1) is 17.9 Å². The largest absolute Gasteiger partial charge is 0.492 e. The van der Waals surface area contributed by atoms with Crippen LogP contribution in [0.15, 0.2) is 78.4 Å². The monoisotopic (exact) mass is 456 g/mol. The molecular formula is C26H24N4O4. The second-order valence-electron chi connectivity index (χ2n) is 7.58. The van der Waals surface area contributed by atoms with Crippen LogP contribution >= 0.6 is 0 Å². The molecule has 8 nitrogen and oxygen atoms in total. The zero-order chi connectivity index (χ0) is 24.1. The summed E-state index contributed by atoms with van der Waals surface area (Å²) in [6, 6.07) is 20.1. The van der Waals surface area contributed by atoms with Crippen LogP contribution in [-0.2, 0) is 9.59 Å². The Hall–Kier alpha value is -4.43. The van der Waals surface area contributed by atoms with Gasteiger partial charge in [-0.15, -0.1) is 0 Å². The van der Waals surface area contributed by atoms with Crippen LogP contribution in [0.1, 0.15) is 34.5 Å². The van der Waals surface area contributed by atoms with Crippen molar-refractivity contribution < 1.29 is 19.1 Å². The van der Waals surface area contributed by atoms with Crippen molar-refractivity contribution in [3.8, 4) is 5.75 Å². The van der Waals surface area contributed by atoms with Crippen molar-refractivity contribution in [1.29, 1.82) is 0 Å². The third-order valence-corrected chi connectivity index (χ3v) is 5.34. The summed E-state index contributed by atoms with van der Waals surface area (Å²) in [5, 5.41) is 2.79. The molecule has 3 aromatic carbocycles. The second kappa shape index (κ2) is 10.0. The summed E-state index contributed by atoms with van der Waals surface area (Å²) in [5.41, 5.74) is 14.3. The minimum Gasteiger partial charge on any atom is -0.492 e. The van der Waals surface area contributed by atoms with Crippen molar-refractivity contribution in [1.82, 2.24) is 5.43 Å². The fourth-order valence-electron chi connectivity index (χ4n) is 3.66. The third kappa shape index (κ3) is 4.82. The summed E-state index contributed by atoms with van der Waals surface area (Å²) in [6.45, 7) is 2.30. The van der Waals surface area contributed by atoms with Crippen molar-refractivity contribution >= 4 is 35.0 Å². The molecule has 1 aliphatic carbocycles. The topological polar surface area (TPSA) is 123 Å². The number of hydrazine groups is 1. The number of hydrogen-bond acceptors (Lipinski definition) is 6. The maximum atomic E-state index is 13.4. The molecule has 0 saturated heterocycles. The zero-order valence-electron chi connectivity index (χ0n) is 18.5. The minimum absolute atomic E-state index is 0.0216. The lowest BCUT2D eigenvalue weighted by molar-refractivity contribution is -0.121. The van der Waals surface area contributed by atoms with E-state index in [9.17, 15) is 14.4 Å². The molecule has 0 fully saturated rings. The number of nitrogens with one attached hydrogen (secondary N) is 3. The van der Waals surface area contributed by atoms with Crippen LogP contribution in [-0.4, -0.2) is 24.2 Å². The average molecular weight is 457 g/mol. The highest BCUT2D eigenvalue weighted by Gasteiger charge is 2.33. The maximum Gasteiger partial charge on any atom is 0.259 e. The van der Waals surface area contributed by atoms with Crippen molar-refractivity contribution in [2.75, 3.05) is 17.3 Å². The van der Waals surface area contributed by atoms with Crippen molar-refractivity contribution in [2.24, 2.45) is 5.73 Å². The molecule has 8 heteroatoms. The van der Waals surface area contributed by atoms with Gasteiger partial charge in [0.25, 0.3) is 5.91 Å². The van der Waals surface area contributed by atoms with E-state index < -0.39 is 17.9 Å². The van der Waals surface area contributed by atoms with Gasteiger partial charge >= 0.3 is 0 Å². The van der Waals surface area contributed by atoms with Crippen LogP contribution in [0.4, 0.5) is 11.4 Å². The fourth-order valence-corrected chi connectivity index (χ4v) is 3.66. The Morgan fingerprint density at radius 1 is 0.971 bits per heavy atom. The molecule has 1 atom stereocenters. The van der Waals surface area contributed by atoms with E-state index in [1.165, 1.54) is 0 Å². The average Bonchev–Trinajstić information content (AvgIpc) is 2.84. The van der Waals surface area contributed by atoms with Gasteiger partial charge in [-0.1, -0.05) is 36.4 Å². The molecule has 4 rings (SSSR count). The Morgan fingerprint density at radius 3 is 2.41 bits per heavy atom. The van der Waals surface area contributed by atoms with Gasteiger partial charge < -0.3 is 21.2 Å². The van der Waals surface area contributed by atoms with Crippen LogP contribution in [0.25, 0.3) is 6.08 Å². The summed E-state index contributed by atoms with van der Waals surface area (Å²) in [7, 11) is 0. The first-order chi connectivity index (χ1) is 16.5. The number of hydrogen-bond donors (Lipinski definition) is 4. The molecule has 0 spiro atoms. The number of carbonyl (C=O) groups is 3. The predicted molar refractivity (Wildman–Crippen MR) is 130 cm³/mol. The number of primary amides is 1. The third-order valence-electron chi connectivity index (χ3n) is 5.34. The first-order valence-corrected chi connectivity index (χ1v) is 10.8. The SMILES string of the molecule is CCOc1ccccc1NC(=O)C1=Cc2ccccc2C(NNc2ccc(C(N)=O)cc2)C1=O. The summed E-state index contributed by atoms with van der Waals surface area (Å²) < 4.78 is 5.57. The van der Waals surface area contributed by atoms with Crippen LogP contribution in [0.2, 0.25) is 0 Å². The van der Waals surface area contributed by atoms with Crippen LogP contribution < -0.4 is 26.6 Å². The van der Waals surface area contributed by atoms with E-state index in [2.05, 4.69) is 16.2 Å². The van der Waals surface area contributed by atoms with E-state index in [0.29, 0.717) is 29.3 Å². The number of ketones is 1. The second-order valence-corrected chi connectivity index (χ2v) is 7.58. The zero-order valence-corrected chi connectivity index (χ0v) is 18.5. The highest BCUT2D eigenvalue weighted by Crippen LogP contribution is 2.31. The molecule has 3 aromatic rings. The summed E-state index contributed by atoms with van der Waals surface area (Å²) >= 11 is 0. The van der Waals surface area contributed by atoms with Crippen molar-refractivity contribution in [3.05, 3.63) is 95.1 Å². The van der Waals surface area contributed by atoms with Crippen LogP contribution in [0, 0.1) is 0 Å². The molecule has 0 aliphatic heterocycles. The minimum atomic E-state index is -0.806. The lowest BCUT2D eigenvalue weighted by Gasteiger charge is -2.26. The first kappa shape index (κ1) is 22.8. The predicted octanol–water partition coefficient (Wildman–Crippen LogP) is 3.45. The van der Waals surface area contributed by atoms with Crippen molar-refractivity contribution in [2.45, 2.75) is 13.0 Å². The smallest absolute Gasteiger partial charge is 0.259 e. The Labute approximate surface area is 196 Å². The fraction of sp³-hybridized carbons (Fsp3) is 0.115. The lowest BCUT2D eigenvalue weighted by Crippen LogP contribution is -2.38. The van der Waals surface area contributed by atoms with Gasteiger partial charge in [0, 0.05) is 11.3 Å². The van der Waals surface area contributed by atoms with Crippen molar-refractivity contribution in [3.63, 3.8) is 0 Å². The Kier molecular flexibility index (Phi) is 6.70. The standard InChI is InChI=1S/C26H24N4O4/c1-2-34-22-10-6-5-9-21(22)28-26(33)20-15-17-7-3-4-8-19(17)23(24(20)31)30-29-18-13-11-16(12-14-18)25(27)32/h3-15,23,29-30H,2H2,1H3,(H2,27,32)(H,28,33). The van der Waals surface area contributed by atoms with E-state index in [-0.39, 0.29) is 11.4 Å². The number of fused-ring (bicyclic) bond motifs is 1. The molecule has 0 radical (unpaired) electrons. The molecule has 1 unspecified atom stereocenters. The normalized spacial score (nSPS) is 14.6. The number of carbonyl (C=O) groups excluding carboxylic acids is 3. The summed E-state index contributed by atoms with van der Waals surface area (Å²) in [5.74, 6) is -0.906. The molecule has 172 valence electrons. The van der Waals surface area contributed by atoms with E-state index in [1.807, 2.05) is 37.3 Å². The van der Waals surface area contributed by atoms with E-state index in [0.717, 1.165) is 11.1 Å². The van der Waals surface area contributed by atoms with Crippen LogP contribution in [0.5, 0.6) is 5.75 Å². The number of amides is 2. The molecule has 1 aliphatic rings. The lowest BCUT2D eigenvalue weighted by atomic mass is 9.87. The van der Waals surface area contributed by atoms with Gasteiger partial charge in [-0.2, -0.15) is 0 Å². The van der Waals surface area contributed by atoms with Gasteiger partial charge in [-0.05, 0) is 60.5 Å². The van der Waals surface area contributed by atoms with Gasteiger partial charge in [0.1, 0.15) is 11.8 Å². The Bertz CT molecular complexity index is 1270. The van der Waals surface area contributed by atoms with E-state index in [1.54, 1.807) is 48.5 Å². The molecule has 0 aromatic heterocycles. The van der Waals surface area contributed by atoms with Crippen LogP contribution in [0.3, 0.4) is 0 Å². The Balaban J connectivity index is 1.57. The van der Waals surface area contributed by atoms with Gasteiger partial charge in [0.15, 0.2) is 5.78 Å². The van der Waals surface area contributed by atoms with Gasteiger partial charge in [-0.25, -0.2) is 5.43 Å². The van der Waals surface area contributed by atoms with Gasteiger partial charge in [0.2, 0.25) is 5.91 Å². The quantitative estimate of drug-likeness (QED) is 0.304. The first-order valence-electron chi connectivity index (χ1n) is 10.8. The van der Waals surface area contributed by atoms with E-state index in [4.69, 9.17) is 10.5 Å². The number of rotatable bonds is 8. The highest BCUT2D eigenvalue weighted by molar-refractivity contribution is 6.29. The summed E-state index contributed by atoms with van der Waals surface area (Å²) in [4.78, 5) is 37.8. The number of nitrogens with two attached hydrogens (primary N) is 1. The Morgan fingerprint density at radius 2 is 1.68 bits per heavy atom. The van der Waals surface area contributed by atoms with Gasteiger partial charge in [-0.3, -0.25) is 14.4 Å².